The summed E-state index contributed by atoms with van der Waals surface area (Å²) >= 11 is 0. The van der Waals surface area contributed by atoms with Gasteiger partial charge in [-0.05, 0) is 50.2 Å². The van der Waals surface area contributed by atoms with E-state index in [0.717, 1.165) is 0 Å². The van der Waals surface area contributed by atoms with Crippen LogP contribution < -0.4 is 14.9 Å². The maximum atomic E-state index is 12.7. The van der Waals surface area contributed by atoms with E-state index in [4.69, 9.17) is 0 Å². The van der Waals surface area contributed by atoms with Crippen LogP contribution in [0.4, 0.5) is 11.5 Å². The number of anilines is 2. The zero-order valence-electron chi connectivity index (χ0n) is 20.1. The van der Waals surface area contributed by atoms with Crippen LogP contribution in [0.5, 0.6) is 0 Å². The third-order valence-electron chi connectivity index (χ3n) is 5.84. The molecule has 1 aliphatic heterocycles. The number of nitrogens with zero attached hydrogens (tertiary/aromatic N) is 3. The van der Waals surface area contributed by atoms with Crippen LogP contribution in [-0.4, -0.2) is 74.1 Å². The molecule has 11 heteroatoms. The van der Waals surface area contributed by atoms with Crippen molar-refractivity contribution in [2.75, 3.05) is 42.3 Å². The summed E-state index contributed by atoms with van der Waals surface area (Å²) in [6.45, 7) is 6.65. The van der Waals surface area contributed by atoms with E-state index < -0.39 is 16.0 Å². The molecule has 1 fully saturated rings. The van der Waals surface area contributed by atoms with Gasteiger partial charge in [0.25, 0.3) is 10.0 Å². The smallest absolute Gasteiger partial charge is 0.336 e. The number of carbonyl (C=O) groups is 2. The van der Waals surface area contributed by atoms with Gasteiger partial charge in [0.1, 0.15) is 5.82 Å². The number of sulfonamides is 1. The number of aromatic nitrogens is 1. The first-order valence-corrected chi connectivity index (χ1v) is 13.1. The summed E-state index contributed by atoms with van der Waals surface area (Å²) in [6.07, 6.45) is 0. The number of pyridine rings is 1. The van der Waals surface area contributed by atoms with E-state index in [1.165, 1.54) is 24.3 Å². The Kier molecular flexibility index (Phi) is 7.41. The zero-order chi connectivity index (χ0) is 25.9. The number of benzene rings is 2. The molecule has 36 heavy (non-hydrogen) atoms. The van der Waals surface area contributed by atoms with Crippen molar-refractivity contribution in [3.05, 3.63) is 60.2 Å². The van der Waals surface area contributed by atoms with Gasteiger partial charge in [0.05, 0.1) is 22.5 Å². The minimum Gasteiger partial charge on any atom is -0.478 e. The van der Waals surface area contributed by atoms with E-state index in [1.807, 2.05) is 18.7 Å². The molecule has 0 bridgehead atoms. The molecule has 0 saturated carbocycles. The van der Waals surface area contributed by atoms with Crippen molar-refractivity contribution >= 4 is 44.3 Å². The molecular formula is C25H29N5O5S. The lowest BCUT2D eigenvalue weighted by atomic mass is 10.1. The number of amides is 1. The van der Waals surface area contributed by atoms with Gasteiger partial charge in [-0.1, -0.05) is 18.2 Å². The van der Waals surface area contributed by atoms with Gasteiger partial charge in [-0.15, -0.1) is 0 Å². The Hall–Kier alpha value is -3.70. The van der Waals surface area contributed by atoms with E-state index in [2.05, 4.69) is 19.9 Å². The number of piperazine rings is 1. The largest absolute Gasteiger partial charge is 0.478 e. The molecule has 10 nitrogen and oxygen atoms in total. The third kappa shape index (κ3) is 5.92. The first kappa shape index (κ1) is 25.4. The fraction of sp³-hybridized carbons (Fsp3) is 0.320. The number of hydrogen-bond donors (Lipinski definition) is 3. The van der Waals surface area contributed by atoms with Crippen LogP contribution in [-0.2, 0) is 14.8 Å². The molecule has 0 spiro atoms. The Balaban J connectivity index is 1.54. The molecule has 2 aromatic carbocycles. The van der Waals surface area contributed by atoms with E-state index in [0.29, 0.717) is 49.4 Å². The van der Waals surface area contributed by atoms with Crippen molar-refractivity contribution in [3.63, 3.8) is 0 Å². The average molecular weight is 512 g/mol. The quantitative estimate of drug-likeness (QED) is 0.420. The predicted octanol–water partition coefficient (Wildman–Crippen LogP) is 2.38. The number of carboxylic acids is 1. The summed E-state index contributed by atoms with van der Waals surface area (Å²) in [6, 6.07) is 14.2. The second kappa shape index (κ2) is 10.5. The monoisotopic (exact) mass is 511 g/mol. The highest BCUT2D eigenvalue weighted by Gasteiger charge is 2.23. The van der Waals surface area contributed by atoms with Gasteiger partial charge in [0, 0.05) is 43.3 Å². The minimum absolute atomic E-state index is 0.0193. The lowest BCUT2D eigenvalue weighted by Gasteiger charge is -2.35. The lowest BCUT2D eigenvalue weighted by molar-refractivity contribution is -0.122. The maximum absolute atomic E-state index is 12.7. The highest BCUT2D eigenvalue weighted by molar-refractivity contribution is 7.92. The van der Waals surface area contributed by atoms with Crippen LogP contribution in [0.25, 0.3) is 10.9 Å². The van der Waals surface area contributed by atoms with Crippen LogP contribution in [0, 0.1) is 0 Å². The molecule has 2 heterocycles. The van der Waals surface area contributed by atoms with Crippen molar-refractivity contribution in [1.82, 2.24) is 15.2 Å². The van der Waals surface area contributed by atoms with Crippen molar-refractivity contribution in [3.8, 4) is 0 Å². The molecule has 1 aromatic heterocycles. The lowest BCUT2D eigenvalue weighted by Crippen LogP contribution is -2.50. The van der Waals surface area contributed by atoms with Crippen molar-refractivity contribution < 1.29 is 23.1 Å². The topological polar surface area (TPSA) is 132 Å². The Morgan fingerprint density at radius 3 is 2.36 bits per heavy atom. The fourth-order valence-electron chi connectivity index (χ4n) is 4.13. The van der Waals surface area contributed by atoms with Crippen LogP contribution >= 0.6 is 0 Å². The molecule has 1 amide bonds. The Morgan fingerprint density at radius 2 is 1.72 bits per heavy atom. The van der Waals surface area contributed by atoms with Gasteiger partial charge in [-0.25, -0.2) is 18.2 Å². The summed E-state index contributed by atoms with van der Waals surface area (Å²) < 4.78 is 27.9. The first-order valence-electron chi connectivity index (χ1n) is 11.6. The number of carbonyl (C=O) groups excluding carboxylic acids is 1. The Bertz CT molecular complexity index is 1370. The van der Waals surface area contributed by atoms with Crippen molar-refractivity contribution in [2.45, 2.75) is 24.8 Å². The highest BCUT2D eigenvalue weighted by Crippen LogP contribution is 2.27. The third-order valence-corrected chi connectivity index (χ3v) is 7.24. The second-order valence-electron chi connectivity index (χ2n) is 8.97. The van der Waals surface area contributed by atoms with E-state index in [-0.39, 0.29) is 28.1 Å². The SMILES string of the molecule is CC(C)NC(=O)CN1CCN(c2cc(C(=O)O)c3cc(NS(=O)(=O)c4ccccc4)ccc3n2)CC1. The Labute approximate surface area is 210 Å². The molecule has 1 saturated heterocycles. The van der Waals surface area contributed by atoms with Crippen LogP contribution in [0.1, 0.15) is 24.2 Å². The van der Waals surface area contributed by atoms with Crippen LogP contribution in [0.15, 0.2) is 59.5 Å². The number of aromatic carboxylic acids is 1. The summed E-state index contributed by atoms with van der Waals surface area (Å²) in [7, 11) is -3.82. The van der Waals surface area contributed by atoms with Gasteiger partial charge in [0.15, 0.2) is 0 Å². The van der Waals surface area contributed by atoms with Crippen molar-refractivity contribution in [2.24, 2.45) is 0 Å². The number of nitrogens with one attached hydrogen (secondary N) is 2. The van der Waals surface area contributed by atoms with Crippen LogP contribution in [0.2, 0.25) is 0 Å². The van der Waals surface area contributed by atoms with Crippen molar-refractivity contribution in [1.29, 1.82) is 0 Å². The zero-order valence-corrected chi connectivity index (χ0v) is 21.0. The molecule has 0 atom stereocenters. The summed E-state index contributed by atoms with van der Waals surface area (Å²) in [4.78, 5) is 32.9. The predicted molar refractivity (Wildman–Crippen MR) is 138 cm³/mol. The summed E-state index contributed by atoms with van der Waals surface area (Å²) in [5.41, 5.74) is 0.734. The molecule has 0 radical (unpaired) electrons. The molecular weight excluding hydrogens is 482 g/mol. The molecule has 0 unspecified atom stereocenters. The van der Waals surface area contributed by atoms with Gasteiger partial charge in [-0.3, -0.25) is 14.4 Å². The van der Waals surface area contributed by atoms with Gasteiger partial charge in [0.2, 0.25) is 5.91 Å². The molecule has 4 rings (SSSR count). The van der Waals surface area contributed by atoms with E-state index >= 15 is 0 Å². The number of fused-ring (bicyclic) bond motifs is 1. The van der Waals surface area contributed by atoms with Gasteiger partial charge in [-0.2, -0.15) is 0 Å². The molecule has 1 aliphatic rings. The normalized spacial score (nSPS) is 14.7. The number of rotatable bonds is 8. The molecule has 190 valence electrons. The molecule has 0 aliphatic carbocycles. The number of hydrogen-bond acceptors (Lipinski definition) is 7. The average Bonchev–Trinajstić information content (AvgIpc) is 2.83. The van der Waals surface area contributed by atoms with E-state index in [9.17, 15) is 23.1 Å². The second-order valence-corrected chi connectivity index (χ2v) is 10.7. The first-order chi connectivity index (χ1) is 17.1. The molecule has 3 aromatic rings. The Morgan fingerprint density at radius 1 is 1.03 bits per heavy atom. The maximum Gasteiger partial charge on any atom is 0.336 e. The minimum atomic E-state index is -3.82. The number of carboxylic acid groups (broad SMARTS) is 1. The van der Waals surface area contributed by atoms with Crippen LogP contribution in [0.3, 0.4) is 0 Å². The standard InChI is InChI=1S/C25H29N5O5S/c1-17(2)26-24(31)16-29-10-12-30(13-11-29)23-15-21(25(32)33)20-14-18(8-9-22(20)27-23)28-36(34,35)19-6-4-3-5-7-19/h3-9,14-15,17,28H,10-13,16H2,1-2H3,(H,26,31)(H,32,33). The highest BCUT2D eigenvalue weighted by atomic mass is 32.2. The summed E-state index contributed by atoms with van der Waals surface area (Å²) in [5, 5.41) is 13.1. The summed E-state index contributed by atoms with van der Waals surface area (Å²) in [5.74, 6) is -0.617. The van der Waals surface area contributed by atoms with Gasteiger partial charge < -0.3 is 15.3 Å². The van der Waals surface area contributed by atoms with E-state index in [1.54, 1.807) is 30.3 Å². The fourth-order valence-corrected chi connectivity index (χ4v) is 5.20. The molecule has 3 N–H and O–H groups in total. The van der Waals surface area contributed by atoms with Gasteiger partial charge >= 0.3 is 5.97 Å².